The average molecular weight is 278 g/mol. The SMILES string of the molecule is CCCc1nc(NCC)cc(NC(C)CC(C)CC)n1. The maximum atomic E-state index is 4.62. The van der Waals surface area contributed by atoms with E-state index in [4.69, 9.17) is 0 Å². The van der Waals surface area contributed by atoms with Crippen LogP contribution in [0.1, 0.15) is 59.7 Å². The van der Waals surface area contributed by atoms with Crippen LogP contribution >= 0.6 is 0 Å². The van der Waals surface area contributed by atoms with Crippen LogP contribution < -0.4 is 10.6 Å². The third kappa shape index (κ3) is 5.76. The van der Waals surface area contributed by atoms with Gasteiger partial charge in [-0.25, -0.2) is 9.97 Å². The lowest BCUT2D eigenvalue weighted by atomic mass is 10.0. The summed E-state index contributed by atoms with van der Waals surface area (Å²) in [5.41, 5.74) is 0. The van der Waals surface area contributed by atoms with Crippen molar-refractivity contribution in [3.63, 3.8) is 0 Å². The summed E-state index contributed by atoms with van der Waals surface area (Å²) in [6.07, 6.45) is 4.38. The van der Waals surface area contributed by atoms with E-state index in [1.54, 1.807) is 0 Å². The Kier molecular flexibility index (Phi) is 7.34. The normalized spacial score (nSPS) is 13.8. The van der Waals surface area contributed by atoms with Crippen LogP contribution in [0.5, 0.6) is 0 Å². The van der Waals surface area contributed by atoms with Gasteiger partial charge in [-0.05, 0) is 32.6 Å². The molecule has 0 saturated heterocycles. The number of rotatable bonds is 9. The van der Waals surface area contributed by atoms with Crippen LogP contribution in [0.15, 0.2) is 6.07 Å². The van der Waals surface area contributed by atoms with Gasteiger partial charge >= 0.3 is 0 Å². The molecule has 20 heavy (non-hydrogen) atoms. The maximum absolute atomic E-state index is 4.62. The summed E-state index contributed by atoms with van der Waals surface area (Å²) >= 11 is 0. The average Bonchev–Trinajstić information content (AvgIpc) is 2.38. The third-order valence-electron chi connectivity index (χ3n) is 3.45. The van der Waals surface area contributed by atoms with Gasteiger partial charge in [-0.15, -0.1) is 0 Å². The number of aromatic nitrogens is 2. The molecular weight excluding hydrogens is 248 g/mol. The molecule has 0 radical (unpaired) electrons. The number of aryl methyl sites for hydroxylation is 1. The first-order valence-electron chi connectivity index (χ1n) is 7.97. The van der Waals surface area contributed by atoms with Crippen molar-refractivity contribution in [1.82, 2.24) is 9.97 Å². The number of anilines is 2. The molecule has 0 aliphatic rings. The number of nitrogens with one attached hydrogen (secondary N) is 2. The van der Waals surface area contributed by atoms with Crippen LogP contribution in [0.2, 0.25) is 0 Å². The van der Waals surface area contributed by atoms with Crippen LogP contribution in [-0.2, 0) is 6.42 Å². The van der Waals surface area contributed by atoms with Crippen molar-refractivity contribution >= 4 is 11.6 Å². The minimum atomic E-state index is 0.434. The smallest absolute Gasteiger partial charge is 0.133 e. The molecule has 0 fully saturated rings. The van der Waals surface area contributed by atoms with Gasteiger partial charge in [0.05, 0.1) is 0 Å². The molecule has 0 spiro atoms. The Morgan fingerprint density at radius 2 is 1.80 bits per heavy atom. The molecule has 0 aromatic carbocycles. The van der Waals surface area contributed by atoms with E-state index in [1.807, 2.05) is 6.07 Å². The zero-order valence-corrected chi connectivity index (χ0v) is 13.7. The number of hydrogen-bond donors (Lipinski definition) is 2. The first-order valence-corrected chi connectivity index (χ1v) is 7.97. The molecule has 1 aromatic rings. The van der Waals surface area contributed by atoms with Gasteiger partial charge in [0.15, 0.2) is 0 Å². The zero-order valence-electron chi connectivity index (χ0n) is 13.7. The Bertz CT molecular complexity index is 368. The van der Waals surface area contributed by atoms with Crippen LogP contribution in [0.4, 0.5) is 11.6 Å². The molecule has 0 aliphatic carbocycles. The Balaban J connectivity index is 2.76. The summed E-state index contributed by atoms with van der Waals surface area (Å²) in [5.74, 6) is 3.52. The minimum absolute atomic E-state index is 0.434. The second-order valence-corrected chi connectivity index (χ2v) is 5.63. The van der Waals surface area contributed by atoms with Gasteiger partial charge in [0.25, 0.3) is 0 Å². The van der Waals surface area contributed by atoms with Crippen molar-refractivity contribution in [3.05, 3.63) is 11.9 Å². The second kappa shape index (κ2) is 8.77. The molecular formula is C16H30N4. The highest BCUT2D eigenvalue weighted by Gasteiger charge is 2.10. The molecule has 0 aliphatic heterocycles. The maximum Gasteiger partial charge on any atom is 0.133 e. The molecule has 4 nitrogen and oxygen atoms in total. The monoisotopic (exact) mass is 278 g/mol. The lowest BCUT2D eigenvalue weighted by Crippen LogP contribution is -2.20. The number of hydrogen-bond acceptors (Lipinski definition) is 4. The van der Waals surface area contributed by atoms with Crippen LogP contribution in [0.25, 0.3) is 0 Å². The van der Waals surface area contributed by atoms with Crippen LogP contribution in [-0.4, -0.2) is 22.6 Å². The zero-order chi connectivity index (χ0) is 15.0. The summed E-state index contributed by atoms with van der Waals surface area (Å²) < 4.78 is 0. The molecule has 1 rings (SSSR count). The van der Waals surface area contributed by atoms with Crippen LogP contribution in [0.3, 0.4) is 0 Å². The molecule has 1 heterocycles. The first kappa shape index (κ1) is 16.7. The quantitative estimate of drug-likeness (QED) is 0.714. The van der Waals surface area contributed by atoms with Gasteiger partial charge in [0.2, 0.25) is 0 Å². The van der Waals surface area contributed by atoms with E-state index in [0.29, 0.717) is 6.04 Å². The fourth-order valence-corrected chi connectivity index (χ4v) is 2.26. The minimum Gasteiger partial charge on any atom is -0.370 e. The Hall–Kier alpha value is -1.32. The lowest BCUT2D eigenvalue weighted by molar-refractivity contribution is 0.483. The molecule has 2 atom stereocenters. The third-order valence-corrected chi connectivity index (χ3v) is 3.45. The molecule has 0 saturated carbocycles. The van der Waals surface area contributed by atoms with Gasteiger partial charge < -0.3 is 10.6 Å². The molecule has 0 amide bonds. The number of nitrogens with zero attached hydrogens (tertiary/aromatic N) is 2. The summed E-state index contributed by atoms with van der Waals surface area (Å²) in [6.45, 7) is 11.9. The van der Waals surface area contributed by atoms with Crippen molar-refractivity contribution in [2.45, 2.75) is 66.3 Å². The predicted octanol–water partition coefficient (Wildman–Crippen LogP) is 4.10. The van der Waals surface area contributed by atoms with E-state index in [0.717, 1.165) is 42.8 Å². The summed E-state index contributed by atoms with van der Waals surface area (Å²) in [7, 11) is 0. The fraction of sp³-hybridized carbons (Fsp3) is 0.750. The van der Waals surface area contributed by atoms with Gasteiger partial charge in [-0.1, -0.05) is 27.2 Å². The molecule has 2 N–H and O–H groups in total. The van der Waals surface area contributed by atoms with E-state index in [9.17, 15) is 0 Å². The summed E-state index contributed by atoms with van der Waals surface area (Å²) in [5, 5.41) is 6.79. The van der Waals surface area contributed by atoms with Crippen molar-refractivity contribution in [3.8, 4) is 0 Å². The molecule has 4 heteroatoms. The Morgan fingerprint density at radius 1 is 1.10 bits per heavy atom. The molecule has 2 unspecified atom stereocenters. The predicted molar refractivity (Wildman–Crippen MR) is 87.3 cm³/mol. The van der Waals surface area contributed by atoms with Gasteiger partial charge in [-0.3, -0.25) is 0 Å². The van der Waals surface area contributed by atoms with E-state index in [2.05, 4.69) is 55.2 Å². The van der Waals surface area contributed by atoms with Gasteiger partial charge in [0, 0.05) is 25.1 Å². The second-order valence-electron chi connectivity index (χ2n) is 5.63. The van der Waals surface area contributed by atoms with Crippen molar-refractivity contribution < 1.29 is 0 Å². The van der Waals surface area contributed by atoms with E-state index < -0.39 is 0 Å². The van der Waals surface area contributed by atoms with Crippen molar-refractivity contribution in [2.75, 3.05) is 17.2 Å². The van der Waals surface area contributed by atoms with Gasteiger partial charge in [0.1, 0.15) is 17.5 Å². The highest BCUT2D eigenvalue weighted by Crippen LogP contribution is 2.17. The molecule has 1 aromatic heterocycles. The standard InChI is InChI=1S/C16H30N4/c1-6-9-14-19-15(17-8-3)11-16(20-14)18-13(5)10-12(4)7-2/h11-13H,6-10H2,1-5H3,(H2,17,18,19,20). The topological polar surface area (TPSA) is 49.8 Å². The lowest BCUT2D eigenvalue weighted by Gasteiger charge is -2.19. The van der Waals surface area contributed by atoms with Crippen LogP contribution in [0, 0.1) is 5.92 Å². The van der Waals surface area contributed by atoms with Gasteiger partial charge in [-0.2, -0.15) is 0 Å². The highest BCUT2D eigenvalue weighted by molar-refractivity contribution is 5.48. The Morgan fingerprint density at radius 3 is 2.40 bits per heavy atom. The summed E-state index contributed by atoms with van der Waals surface area (Å²) in [4.78, 5) is 9.15. The Labute approximate surface area is 123 Å². The largest absolute Gasteiger partial charge is 0.370 e. The molecule has 0 bridgehead atoms. The fourth-order valence-electron chi connectivity index (χ4n) is 2.26. The van der Waals surface area contributed by atoms with Crippen molar-refractivity contribution in [1.29, 1.82) is 0 Å². The first-order chi connectivity index (χ1) is 9.58. The van der Waals surface area contributed by atoms with E-state index in [-0.39, 0.29) is 0 Å². The highest BCUT2D eigenvalue weighted by atomic mass is 15.1. The van der Waals surface area contributed by atoms with E-state index >= 15 is 0 Å². The van der Waals surface area contributed by atoms with Crippen molar-refractivity contribution in [2.24, 2.45) is 5.92 Å². The summed E-state index contributed by atoms with van der Waals surface area (Å²) in [6, 6.07) is 2.44. The molecule has 114 valence electrons. The van der Waals surface area contributed by atoms with E-state index in [1.165, 1.54) is 12.8 Å².